The summed E-state index contributed by atoms with van der Waals surface area (Å²) in [6.07, 6.45) is 7.13. The molecule has 0 bridgehead atoms. The Morgan fingerprint density at radius 3 is 2.37 bits per heavy atom. The first-order chi connectivity index (χ1) is 8.78. The van der Waals surface area contributed by atoms with Crippen LogP contribution in [0.4, 0.5) is 0 Å². The summed E-state index contributed by atoms with van der Waals surface area (Å²) in [6.45, 7) is 15.3. The van der Waals surface area contributed by atoms with Gasteiger partial charge in [0.15, 0.2) is 0 Å². The van der Waals surface area contributed by atoms with Crippen LogP contribution in [0.2, 0.25) is 0 Å². The minimum Gasteiger partial charge on any atom is -0.462 e. The van der Waals surface area contributed by atoms with E-state index in [2.05, 4.69) is 41.2 Å². The van der Waals surface area contributed by atoms with E-state index in [1.54, 1.807) is 0 Å². The van der Waals surface area contributed by atoms with Crippen molar-refractivity contribution in [3.05, 3.63) is 12.7 Å². The van der Waals surface area contributed by atoms with Gasteiger partial charge in [0.05, 0.1) is 6.61 Å². The number of carbonyl (C=O) groups is 1. The molecule has 0 aromatic carbocycles. The molecular formula is C17H32O2. The summed E-state index contributed by atoms with van der Waals surface area (Å²) >= 11 is 0. The van der Waals surface area contributed by atoms with E-state index in [0.717, 1.165) is 25.2 Å². The Labute approximate surface area is 119 Å². The summed E-state index contributed by atoms with van der Waals surface area (Å²) in [5, 5.41) is 0. The molecule has 19 heavy (non-hydrogen) atoms. The molecule has 0 spiro atoms. The number of hydrogen-bond acceptors (Lipinski definition) is 2. The van der Waals surface area contributed by atoms with Crippen LogP contribution < -0.4 is 0 Å². The normalized spacial score (nSPS) is 14.8. The predicted molar refractivity (Wildman–Crippen MR) is 82.0 cm³/mol. The second-order valence-corrected chi connectivity index (χ2v) is 6.94. The maximum Gasteiger partial charge on any atom is 0.330 e. The van der Waals surface area contributed by atoms with Crippen LogP contribution in [0.1, 0.15) is 66.7 Å². The highest BCUT2D eigenvalue weighted by Crippen LogP contribution is 2.28. The van der Waals surface area contributed by atoms with Gasteiger partial charge in [-0.15, -0.1) is 0 Å². The second kappa shape index (κ2) is 9.17. The first-order valence-corrected chi connectivity index (χ1v) is 7.57. The van der Waals surface area contributed by atoms with Crippen molar-refractivity contribution in [1.29, 1.82) is 0 Å². The summed E-state index contributed by atoms with van der Waals surface area (Å²) in [5.41, 5.74) is 0.398. The predicted octanol–water partition coefficient (Wildman–Crippen LogP) is 4.98. The van der Waals surface area contributed by atoms with Crippen LogP contribution >= 0.6 is 0 Å². The highest BCUT2D eigenvalue weighted by Gasteiger charge is 2.17. The van der Waals surface area contributed by atoms with E-state index in [1.807, 2.05) is 0 Å². The van der Waals surface area contributed by atoms with Gasteiger partial charge in [-0.05, 0) is 36.5 Å². The van der Waals surface area contributed by atoms with Crippen LogP contribution in [0, 0.1) is 17.3 Å². The largest absolute Gasteiger partial charge is 0.462 e. The fourth-order valence-corrected chi connectivity index (χ4v) is 2.65. The quantitative estimate of drug-likeness (QED) is 0.435. The molecule has 2 nitrogen and oxygen atoms in total. The summed E-state index contributed by atoms with van der Waals surface area (Å²) in [4.78, 5) is 11.1. The van der Waals surface area contributed by atoms with Gasteiger partial charge in [-0.3, -0.25) is 0 Å². The Hall–Kier alpha value is -0.790. The minimum atomic E-state index is -0.302. The van der Waals surface area contributed by atoms with Crippen molar-refractivity contribution in [2.45, 2.75) is 66.7 Å². The topological polar surface area (TPSA) is 26.3 Å². The Balaban J connectivity index is 4.05. The molecule has 0 N–H and O–H groups in total. The van der Waals surface area contributed by atoms with Crippen molar-refractivity contribution in [1.82, 2.24) is 0 Å². The lowest BCUT2D eigenvalue weighted by Gasteiger charge is -2.24. The van der Waals surface area contributed by atoms with E-state index < -0.39 is 0 Å². The molecule has 0 aromatic heterocycles. The molecule has 2 atom stereocenters. The molecule has 0 aromatic rings. The van der Waals surface area contributed by atoms with Gasteiger partial charge in [0.25, 0.3) is 0 Å². The molecule has 0 saturated heterocycles. The average molecular weight is 268 g/mol. The van der Waals surface area contributed by atoms with Crippen LogP contribution in [0.3, 0.4) is 0 Å². The molecule has 0 aliphatic heterocycles. The van der Waals surface area contributed by atoms with Gasteiger partial charge in [0.2, 0.25) is 0 Å². The third kappa shape index (κ3) is 10.8. The van der Waals surface area contributed by atoms with Gasteiger partial charge >= 0.3 is 5.97 Å². The smallest absolute Gasteiger partial charge is 0.330 e. The van der Waals surface area contributed by atoms with E-state index in [0.29, 0.717) is 17.9 Å². The SMILES string of the molecule is C=CC(=O)OCC(CCC)CCC(C)CC(C)(C)C. The van der Waals surface area contributed by atoms with E-state index in [9.17, 15) is 4.79 Å². The molecule has 0 amide bonds. The zero-order chi connectivity index (χ0) is 14.9. The van der Waals surface area contributed by atoms with Crippen molar-refractivity contribution in [2.24, 2.45) is 17.3 Å². The molecule has 112 valence electrons. The van der Waals surface area contributed by atoms with Crippen molar-refractivity contribution < 1.29 is 9.53 Å². The van der Waals surface area contributed by atoms with Gasteiger partial charge in [0, 0.05) is 6.08 Å². The Morgan fingerprint density at radius 2 is 1.89 bits per heavy atom. The van der Waals surface area contributed by atoms with Crippen LogP contribution in [-0.2, 0) is 9.53 Å². The molecule has 0 aliphatic carbocycles. The number of carbonyl (C=O) groups excluding carboxylic acids is 1. The first-order valence-electron chi connectivity index (χ1n) is 7.57. The Bertz CT molecular complexity index is 263. The molecular weight excluding hydrogens is 236 g/mol. The highest BCUT2D eigenvalue weighted by molar-refractivity contribution is 5.81. The van der Waals surface area contributed by atoms with E-state index in [1.165, 1.54) is 18.9 Å². The summed E-state index contributed by atoms with van der Waals surface area (Å²) < 4.78 is 5.18. The van der Waals surface area contributed by atoms with Gasteiger partial charge in [0.1, 0.15) is 0 Å². The van der Waals surface area contributed by atoms with Gasteiger partial charge in [-0.25, -0.2) is 4.79 Å². The highest BCUT2D eigenvalue weighted by atomic mass is 16.5. The molecule has 0 saturated carbocycles. The third-order valence-electron chi connectivity index (χ3n) is 3.35. The Kier molecular flexibility index (Phi) is 8.79. The monoisotopic (exact) mass is 268 g/mol. The molecule has 0 heterocycles. The van der Waals surface area contributed by atoms with E-state index in [-0.39, 0.29) is 5.97 Å². The molecule has 2 heteroatoms. The molecule has 0 aliphatic rings. The fourth-order valence-electron chi connectivity index (χ4n) is 2.65. The van der Waals surface area contributed by atoms with Gasteiger partial charge < -0.3 is 4.74 Å². The standard InChI is InChI=1S/C17H32O2/c1-7-9-15(13-19-16(18)8-2)11-10-14(3)12-17(4,5)6/h8,14-15H,2,7,9-13H2,1,3-6H3. The van der Waals surface area contributed by atoms with E-state index >= 15 is 0 Å². The number of esters is 1. The van der Waals surface area contributed by atoms with Crippen LogP contribution in [0.25, 0.3) is 0 Å². The maximum atomic E-state index is 11.1. The van der Waals surface area contributed by atoms with Gasteiger partial charge in [-0.1, -0.05) is 54.0 Å². The number of ether oxygens (including phenoxy) is 1. The van der Waals surface area contributed by atoms with Crippen molar-refractivity contribution >= 4 is 5.97 Å². The van der Waals surface area contributed by atoms with Crippen molar-refractivity contribution in [3.8, 4) is 0 Å². The molecule has 0 rings (SSSR count). The fraction of sp³-hybridized carbons (Fsp3) is 0.824. The number of hydrogen-bond donors (Lipinski definition) is 0. The third-order valence-corrected chi connectivity index (χ3v) is 3.35. The van der Waals surface area contributed by atoms with Crippen LogP contribution in [0.5, 0.6) is 0 Å². The lowest BCUT2D eigenvalue weighted by atomic mass is 9.82. The zero-order valence-corrected chi connectivity index (χ0v) is 13.5. The van der Waals surface area contributed by atoms with Gasteiger partial charge in [-0.2, -0.15) is 0 Å². The summed E-state index contributed by atoms with van der Waals surface area (Å²) in [7, 11) is 0. The maximum absolute atomic E-state index is 11.1. The molecule has 2 unspecified atom stereocenters. The second-order valence-electron chi connectivity index (χ2n) is 6.94. The number of rotatable bonds is 9. The lowest BCUT2D eigenvalue weighted by molar-refractivity contribution is -0.139. The van der Waals surface area contributed by atoms with Crippen LogP contribution in [0.15, 0.2) is 12.7 Å². The average Bonchev–Trinajstić information content (AvgIpc) is 2.30. The minimum absolute atomic E-state index is 0.302. The summed E-state index contributed by atoms with van der Waals surface area (Å²) in [5.74, 6) is 0.926. The van der Waals surface area contributed by atoms with Crippen molar-refractivity contribution in [2.75, 3.05) is 6.61 Å². The molecule has 0 fully saturated rings. The molecule has 0 radical (unpaired) electrons. The first kappa shape index (κ1) is 18.2. The van der Waals surface area contributed by atoms with E-state index in [4.69, 9.17) is 4.74 Å². The summed E-state index contributed by atoms with van der Waals surface area (Å²) in [6, 6.07) is 0. The lowest BCUT2D eigenvalue weighted by Crippen LogP contribution is -2.16. The zero-order valence-electron chi connectivity index (χ0n) is 13.5. The van der Waals surface area contributed by atoms with Crippen LogP contribution in [-0.4, -0.2) is 12.6 Å². The van der Waals surface area contributed by atoms with Crippen molar-refractivity contribution in [3.63, 3.8) is 0 Å². The Morgan fingerprint density at radius 1 is 1.26 bits per heavy atom.